The summed E-state index contributed by atoms with van der Waals surface area (Å²) in [6.45, 7) is 2.98. The maximum absolute atomic E-state index is 13.7. The standard InChI is InChI=1S/C27H37FN4O3/c1-2-3-4-15-35-23-7-5-21(6-8-23)31-25(34)26-9-12-27(13-10-26,14-11-26)30-18-24(33)32-19-20(28)16-22(32)17-29/h5-8,20,22,30H,2-4,9-16,18-19H2,1H3,(H,31,34)/t20-,22-,26?,27?/m0/s1. The number of alkyl halides is 1. The number of carbonyl (C=O) groups excluding carboxylic acids is 2. The molecule has 4 aliphatic rings. The van der Waals surface area contributed by atoms with Crippen LogP contribution in [-0.2, 0) is 9.59 Å². The Bertz CT molecular complexity index is 920. The number of benzene rings is 1. The van der Waals surface area contributed by atoms with Crippen LogP contribution in [0.1, 0.15) is 71.1 Å². The van der Waals surface area contributed by atoms with Gasteiger partial charge >= 0.3 is 0 Å². The molecule has 7 nitrogen and oxygen atoms in total. The third-order valence-electron chi connectivity index (χ3n) is 8.19. The summed E-state index contributed by atoms with van der Waals surface area (Å²) in [5.41, 5.74) is 0.247. The van der Waals surface area contributed by atoms with Gasteiger partial charge in [-0.1, -0.05) is 19.8 Å². The number of hydrogen-bond acceptors (Lipinski definition) is 5. The van der Waals surface area contributed by atoms with E-state index in [4.69, 9.17) is 4.74 Å². The van der Waals surface area contributed by atoms with E-state index in [1.54, 1.807) is 0 Å². The Labute approximate surface area is 207 Å². The Morgan fingerprint density at radius 1 is 1.14 bits per heavy atom. The molecule has 1 saturated heterocycles. The quantitative estimate of drug-likeness (QED) is 0.482. The van der Waals surface area contributed by atoms with Gasteiger partial charge in [0.1, 0.15) is 18.0 Å². The highest BCUT2D eigenvalue weighted by Gasteiger charge is 2.52. The number of anilines is 1. The lowest BCUT2D eigenvalue weighted by Crippen LogP contribution is -2.59. The van der Waals surface area contributed by atoms with Gasteiger partial charge in [0.25, 0.3) is 0 Å². The van der Waals surface area contributed by atoms with Crippen molar-refractivity contribution in [2.45, 2.75) is 88.9 Å². The van der Waals surface area contributed by atoms with E-state index < -0.39 is 12.2 Å². The molecule has 35 heavy (non-hydrogen) atoms. The van der Waals surface area contributed by atoms with Gasteiger partial charge in [-0.2, -0.15) is 5.26 Å². The van der Waals surface area contributed by atoms with Crippen molar-refractivity contribution in [3.8, 4) is 11.8 Å². The van der Waals surface area contributed by atoms with Gasteiger partial charge in [0.15, 0.2) is 0 Å². The Hall–Kier alpha value is -2.66. The van der Waals surface area contributed by atoms with Crippen molar-refractivity contribution in [3.63, 3.8) is 0 Å². The molecule has 2 amide bonds. The Morgan fingerprint density at radius 3 is 2.46 bits per heavy atom. The highest BCUT2D eigenvalue weighted by molar-refractivity contribution is 5.95. The second-order valence-electron chi connectivity index (χ2n) is 10.5. The second-order valence-corrected chi connectivity index (χ2v) is 10.5. The number of nitriles is 1. The van der Waals surface area contributed by atoms with Gasteiger partial charge in [0.2, 0.25) is 11.8 Å². The molecule has 5 rings (SSSR count). The minimum atomic E-state index is -1.13. The molecule has 0 aromatic heterocycles. The first-order chi connectivity index (χ1) is 16.9. The zero-order valence-electron chi connectivity index (χ0n) is 20.7. The van der Waals surface area contributed by atoms with Gasteiger partial charge in [-0.05, 0) is 69.2 Å². The van der Waals surface area contributed by atoms with Crippen LogP contribution in [0.25, 0.3) is 0 Å². The fraction of sp³-hybridized carbons (Fsp3) is 0.667. The first-order valence-corrected chi connectivity index (χ1v) is 13.0. The molecule has 2 atom stereocenters. The van der Waals surface area contributed by atoms with Gasteiger partial charge in [-0.15, -0.1) is 0 Å². The van der Waals surface area contributed by atoms with Gasteiger partial charge in [0, 0.05) is 23.1 Å². The molecule has 8 heteroatoms. The number of hydrogen-bond donors (Lipinski definition) is 2. The molecule has 3 aliphatic carbocycles. The largest absolute Gasteiger partial charge is 0.494 e. The summed E-state index contributed by atoms with van der Waals surface area (Å²) in [6, 6.07) is 8.94. The summed E-state index contributed by atoms with van der Waals surface area (Å²) in [6.07, 6.45) is 7.12. The molecule has 2 N–H and O–H groups in total. The van der Waals surface area contributed by atoms with Crippen LogP contribution in [0.15, 0.2) is 24.3 Å². The smallest absolute Gasteiger partial charge is 0.237 e. The van der Waals surface area contributed by atoms with E-state index in [0.29, 0.717) is 6.61 Å². The number of nitrogens with one attached hydrogen (secondary N) is 2. The molecule has 1 aliphatic heterocycles. The Morgan fingerprint density at radius 2 is 1.83 bits per heavy atom. The average Bonchev–Trinajstić information content (AvgIpc) is 3.28. The number of rotatable bonds is 10. The predicted octanol–water partition coefficient (Wildman–Crippen LogP) is 4.34. The van der Waals surface area contributed by atoms with Gasteiger partial charge in [-0.25, -0.2) is 4.39 Å². The molecule has 4 fully saturated rings. The number of likely N-dealkylation sites (tertiary alicyclic amines) is 1. The zero-order chi connectivity index (χ0) is 24.9. The fourth-order valence-electron chi connectivity index (χ4n) is 5.78. The minimum Gasteiger partial charge on any atom is -0.494 e. The first-order valence-electron chi connectivity index (χ1n) is 13.0. The number of nitrogens with zero attached hydrogens (tertiary/aromatic N) is 2. The zero-order valence-corrected chi connectivity index (χ0v) is 20.7. The van der Waals surface area contributed by atoms with Crippen molar-refractivity contribution in [1.82, 2.24) is 10.2 Å². The third kappa shape index (κ3) is 5.78. The van der Waals surface area contributed by atoms with E-state index in [9.17, 15) is 19.2 Å². The molecule has 1 aromatic carbocycles. The molecule has 0 spiro atoms. The van der Waals surface area contributed by atoms with Crippen LogP contribution in [0.5, 0.6) is 5.75 Å². The molecule has 1 aromatic rings. The number of halogens is 1. The highest BCUT2D eigenvalue weighted by atomic mass is 19.1. The van der Waals surface area contributed by atoms with Gasteiger partial charge < -0.3 is 20.3 Å². The number of carbonyl (C=O) groups is 2. The van der Waals surface area contributed by atoms with Crippen molar-refractivity contribution < 1.29 is 18.7 Å². The third-order valence-corrected chi connectivity index (χ3v) is 8.19. The van der Waals surface area contributed by atoms with Crippen LogP contribution >= 0.6 is 0 Å². The predicted molar refractivity (Wildman–Crippen MR) is 132 cm³/mol. The normalized spacial score (nSPS) is 29.6. The summed E-state index contributed by atoms with van der Waals surface area (Å²) in [4.78, 5) is 27.2. The van der Waals surface area contributed by atoms with Crippen LogP contribution in [0, 0.1) is 16.7 Å². The van der Waals surface area contributed by atoms with Gasteiger partial charge in [-0.3, -0.25) is 9.59 Å². The van der Waals surface area contributed by atoms with Crippen LogP contribution in [0.2, 0.25) is 0 Å². The van der Waals surface area contributed by atoms with E-state index in [1.165, 1.54) is 4.90 Å². The van der Waals surface area contributed by atoms with E-state index in [2.05, 4.69) is 17.6 Å². The van der Waals surface area contributed by atoms with Crippen molar-refractivity contribution in [3.05, 3.63) is 24.3 Å². The van der Waals surface area contributed by atoms with Crippen molar-refractivity contribution in [2.75, 3.05) is 25.0 Å². The summed E-state index contributed by atoms with van der Waals surface area (Å²) in [5, 5.41) is 15.7. The van der Waals surface area contributed by atoms with Crippen molar-refractivity contribution >= 4 is 17.5 Å². The fourth-order valence-corrected chi connectivity index (χ4v) is 5.78. The van der Waals surface area contributed by atoms with Crippen molar-refractivity contribution in [1.29, 1.82) is 5.26 Å². The monoisotopic (exact) mass is 484 g/mol. The number of ether oxygens (including phenoxy) is 1. The topological polar surface area (TPSA) is 94.5 Å². The molecular weight excluding hydrogens is 447 g/mol. The van der Waals surface area contributed by atoms with E-state index in [0.717, 1.165) is 69.2 Å². The molecule has 0 unspecified atom stereocenters. The molecule has 190 valence electrons. The molecule has 2 bridgehead atoms. The molecular formula is C27H37FN4O3. The Balaban J connectivity index is 1.25. The molecule has 1 heterocycles. The average molecular weight is 485 g/mol. The highest BCUT2D eigenvalue weighted by Crippen LogP contribution is 2.52. The summed E-state index contributed by atoms with van der Waals surface area (Å²) in [5.74, 6) is 0.667. The maximum atomic E-state index is 13.7. The summed E-state index contributed by atoms with van der Waals surface area (Å²) < 4.78 is 19.4. The van der Waals surface area contributed by atoms with E-state index in [1.807, 2.05) is 30.3 Å². The van der Waals surface area contributed by atoms with Crippen LogP contribution in [-0.4, -0.2) is 54.2 Å². The summed E-state index contributed by atoms with van der Waals surface area (Å²) in [7, 11) is 0. The SMILES string of the molecule is CCCCCOc1ccc(NC(=O)C23CCC(NCC(=O)N4C[C@@H](F)C[C@H]4C#N)(CC2)CC3)cc1. The number of fused-ring (bicyclic) bond motifs is 3. The molecule has 0 radical (unpaired) electrons. The Kier molecular flexibility index (Phi) is 7.95. The van der Waals surface area contributed by atoms with E-state index in [-0.39, 0.29) is 42.3 Å². The van der Waals surface area contributed by atoms with E-state index >= 15 is 0 Å². The van der Waals surface area contributed by atoms with Crippen LogP contribution in [0.4, 0.5) is 10.1 Å². The number of unbranched alkanes of at least 4 members (excludes halogenated alkanes) is 2. The number of amides is 2. The first kappa shape index (κ1) is 25.4. The van der Waals surface area contributed by atoms with Crippen molar-refractivity contribution in [2.24, 2.45) is 5.41 Å². The van der Waals surface area contributed by atoms with Crippen LogP contribution in [0.3, 0.4) is 0 Å². The summed E-state index contributed by atoms with van der Waals surface area (Å²) >= 11 is 0. The lowest BCUT2D eigenvalue weighted by atomic mass is 9.57. The maximum Gasteiger partial charge on any atom is 0.237 e. The second kappa shape index (κ2) is 10.9. The lowest BCUT2D eigenvalue weighted by molar-refractivity contribution is -0.135. The molecule has 3 saturated carbocycles. The van der Waals surface area contributed by atoms with Crippen LogP contribution < -0.4 is 15.4 Å². The lowest BCUT2D eigenvalue weighted by Gasteiger charge is -2.52. The van der Waals surface area contributed by atoms with Gasteiger partial charge in [0.05, 0.1) is 25.8 Å². The minimum absolute atomic E-state index is 0.000976.